The molecule has 2 fully saturated rings. The number of anilines is 3. The number of aromatic nitrogens is 2. The summed E-state index contributed by atoms with van der Waals surface area (Å²) in [5, 5.41) is 8.96. The number of hydrogen-bond donors (Lipinski definition) is 3. The van der Waals surface area contributed by atoms with Crippen LogP contribution in [0.15, 0.2) is 48.5 Å². The molecule has 0 bridgehead atoms. The van der Waals surface area contributed by atoms with E-state index in [0.29, 0.717) is 68.2 Å². The van der Waals surface area contributed by atoms with Crippen LogP contribution in [0.5, 0.6) is 0 Å². The van der Waals surface area contributed by atoms with E-state index in [2.05, 4.69) is 51.4 Å². The highest BCUT2D eigenvalue weighted by atomic mass is 16.5. The van der Waals surface area contributed by atoms with E-state index in [1.54, 1.807) is 20.0 Å². The summed E-state index contributed by atoms with van der Waals surface area (Å²) in [4.78, 5) is 86.7. The van der Waals surface area contributed by atoms with Crippen LogP contribution in [0.2, 0.25) is 0 Å². The number of rotatable bonds is 34. The number of amides is 2. The second-order valence-electron chi connectivity index (χ2n) is 20.8. The highest BCUT2D eigenvalue weighted by Gasteiger charge is 2.24. The molecule has 3 heterocycles. The maximum absolute atomic E-state index is 13.4. The van der Waals surface area contributed by atoms with Crippen molar-refractivity contribution in [2.75, 3.05) is 108 Å². The Morgan fingerprint density at radius 1 is 0.802 bits per heavy atom. The molecule has 454 valence electrons. The van der Waals surface area contributed by atoms with Crippen LogP contribution in [0.25, 0.3) is 0 Å². The predicted octanol–water partition coefficient (Wildman–Crippen LogP) is 10.9. The molecular formula is C64H104N8O9. The molecule has 17 heteroatoms. The molecule has 2 aromatic carbocycles. The van der Waals surface area contributed by atoms with Crippen molar-refractivity contribution in [3.63, 3.8) is 0 Å². The van der Waals surface area contributed by atoms with E-state index in [-0.39, 0.29) is 47.2 Å². The SMILES string of the molecule is CC.CCCC(CCC(=O)C(C)CC)C(C)=O.CCCCCCN(CC)c1cc(C(C)NC(=O)c2ccc(N3CCOCC3)cc2)nc(CCCOCCOCCN2CCC(Nc3cccc(C(C)=O)c3C(C)=O)CC2)n1.CNC=O. The molecule has 3 N–H and O–H groups in total. The zero-order valence-electron chi connectivity index (χ0n) is 51.8. The van der Waals surface area contributed by atoms with Crippen molar-refractivity contribution >= 4 is 52.6 Å². The average Bonchev–Trinajstić information content (AvgIpc) is 3.48. The lowest BCUT2D eigenvalue weighted by Crippen LogP contribution is -2.40. The van der Waals surface area contributed by atoms with Crippen LogP contribution in [0.3, 0.4) is 0 Å². The zero-order chi connectivity index (χ0) is 60.0. The van der Waals surface area contributed by atoms with Gasteiger partial charge in [0.2, 0.25) is 6.41 Å². The summed E-state index contributed by atoms with van der Waals surface area (Å²) in [5.74, 6) is 2.12. The van der Waals surface area contributed by atoms with Gasteiger partial charge in [-0.05, 0) is 110 Å². The van der Waals surface area contributed by atoms with Gasteiger partial charge in [0.15, 0.2) is 11.6 Å². The standard InChI is InChI=1S/C47H69N7O6.C13H24O2.C2H5NO.C2H6/c1-6-8-9-10-22-53(7-2)45-34-43(35(3)48-47(57)38-16-18-40(19-17-38)54-26-30-59-31-27-54)50-44(51-45)15-12-28-58-32-33-60-29-25-52-23-20-39(21-24-52)49-42-14-11-13-41(36(4)55)46(42)37(5)56;1-5-7-12(11(4)14)8-9-13(15)10(3)6-2;1-3-2-4;1-2/h11,13-14,16-19,34-35,39,49H,6-10,12,15,20-33H2,1-5H3,(H,48,57);10,12H,5-9H2,1-4H3;2H,1H3,(H,3,4);1-2H3. The topological polar surface area (TPSA) is 202 Å². The van der Waals surface area contributed by atoms with E-state index in [9.17, 15) is 24.0 Å². The number of ketones is 4. The molecule has 5 rings (SSSR count). The first-order valence-electron chi connectivity index (χ1n) is 30.4. The van der Waals surface area contributed by atoms with Gasteiger partial charge in [0.25, 0.3) is 5.91 Å². The summed E-state index contributed by atoms with van der Waals surface area (Å²) in [7, 11) is 1.56. The summed E-state index contributed by atoms with van der Waals surface area (Å²) in [6, 6.07) is 15.2. The van der Waals surface area contributed by atoms with E-state index in [4.69, 9.17) is 29.0 Å². The van der Waals surface area contributed by atoms with Gasteiger partial charge in [0.05, 0.1) is 50.3 Å². The van der Waals surface area contributed by atoms with Crippen molar-refractivity contribution in [3.05, 3.63) is 76.7 Å². The van der Waals surface area contributed by atoms with Gasteiger partial charge < -0.3 is 44.9 Å². The molecule has 2 aliphatic rings. The Kier molecular flexibility index (Phi) is 37.3. The maximum atomic E-state index is 13.4. The first-order valence-corrected chi connectivity index (χ1v) is 30.4. The number of unbranched alkanes of at least 4 members (excludes halogenated alkanes) is 3. The summed E-state index contributed by atoms with van der Waals surface area (Å²) in [6.07, 6.45) is 12.8. The second-order valence-corrected chi connectivity index (χ2v) is 20.8. The minimum atomic E-state index is -0.301. The van der Waals surface area contributed by atoms with Crippen molar-refractivity contribution < 1.29 is 43.0 Å². The molecule has 17 nitrogen and oxygen atoms in total. The highest BCUT2D eigenvalue weighted by molar-refractivity contribution is 6.10. The monoisotopic (exact) mass is 1130 g/mol. The lowest BCUT2D eigenvalue weighted by molar-refractivity contribution is -0.124. The molecule has 1 aromatic heterocycles. The Labute approximate surface area is 487 Å². The predicted molar refractivity (Wildman–Crippen MR) is 328 cm³/mol. The van der Waals surface area contributed by atoms with E-state index >= 15 is 0 Å². The van der Waals surface area contributed by atoms with Crippen LogP contribution >= 0.6 is 0 Å². The smallest absolute Gasteiger partial charge is 0.251 e. The molecule has 3 unspecified atom stereocenters. The fraction of sp³-hybridized carbons (Fsp3) is 0.656. The number of aryl methyl sites for hydroxylation is 1. The first-order chi connectivity index (χ1) is 39.1. The number of Topliss-reactive ketones (excluding diaryl/α,β-unsaturated/α-hetero) is 4. The van der Waals surface area contributed by atoms with Crippen LogP contribution in [0.1, 0.15) is 202 Å². The van der Waals surface area contributed by atoms with Crippen molar-refractivity contribution in [1.29, 1.82) is 0 Å². The quantitative estimate of drug-likeness (QED) is 0.0289. The van der Waals surface area contributed by atoms with Crippen molar-refractivity contribution in [1.82, 2.24) is 25.5 Å². The number of morpholine rings is 1. The number of ether oxygens (including phenoxy) is 3. The van der Waals surface area contributed by atoms with Crippen LogP contribution in [0, 0.1) is 11.8 Å². The largest absolute Gasteiger partial charge is 0.382 e. The molecule has 0 radical (unpaired) electrons. The number of nitrogens with one attached hydrogen (secondary N) is 3. The Bertz CT molecular complexity index is 2270. The van der Waals surface area contributed by atoms with Crippen LogP contribution in [0.4, 0.5) is 17.2 Å². The van der Waals surface area contributed by atoms with Gasteiger partial charge in [0.1, 0.15) is 23.2 Å². The Hall–Kier alpha value is -5.62. The van der Waals surface area contributed by atoms with Gasteiger partial charge in [-0.2, -0.15) is 0 Å². The number of likely N-dealkylation sites (tertiary alicyclic amines) is 1. The maximum Gasteiger partial charge on any atom is 0.251 e. The molecule has 2 saturated heterocycles. The summed E-state index contributed by atoms with van der Waals surface area (Å²) >= 11 is 0. The lowest BCUT2D eigenvalue weighted by Gasteiger charge is -2.33. The van der Waals surface area contributed by atoms with Crippen LogP contribution < -0.4 is 25.8 Å². The Morgan fingerprint density at radius 3 is 2.05 bits per heavy atom. The molecule has 3 aromatic rings. The third kappa shape index (κ3) is 27.3. The first kappa shape index (κ1) is 71.5. The summed E-state index contributed by atoms with van der Waals surface area (Å²) in [5.41, 5.74) is 4.23. The van der Waals surface area contributed by atoms with E-state index in [1.165, 1.54) is 33.1 Å². The second kappa shape index (κ2) is 42.2. The van der Waals surface area contributed by atoms with E-state index < -0.39 is 0 Å². The third-order valence-electron chi connectivity index (χ3n) is 14.7. The van der Waals surface area contributed by atoms with Crippen LogP contribution in [-0.4, -0.2) is 149 Å². The molecule has 0 spiro atoms. The van der Waals surface area contributed by atoms with Gasteiger partial charge in [-0.3, -0.25) is 28.8 Å². The van der Waals surface area contributed by atoms with Gasteiger partial charge in [-0.15, -0.1) is 0 Å². The number of hydrogen-bond acceptors (Lipinski definition) is 15. The fourth-order valence-corrected chi connectivity index (χ4v) is 9.57. The third-order valence-corrected chi connectivity index (χ3v) is 14.7. The molecule has 0 aliphatic carbocycles. The molecule has 81 heavy (non-hydrogen) atoms. The zero-order valence-corrected chi connectivity index (χ0v) is 51.8. The van der Waals surface area contributed by atoms with Crippen molar-refractivity contribution in [2.24, 2.45) is 11.8 Å². The van der Waals surface area contributed by atoms with Gasteiger partial charge in [-0.25, -0.2) is 9.97 Å². The number of carbonyl (C=O) groups is 6. The summed E-state index contributed by atoms with van der Waals surface area (Å²) in [6.45, 7) is 31.0. The van der Waals surface area contributed by atoms with Crippen molar-refractivity contribution in [3.8, 4) is 0 Å². The number of carbonyl (C=O) groups excluding carboxylic acids is 6. The van der Waals surface area contributed by atoms with E-state index in [1.807, 2.05) is 77.1 Å². The number of nitrogens with zero attached hydrogens (tertiary/aromatic N) is 5. The lowest BCUT2D eigenvalue weighted by atomic mass is 9.90. The van der Waals surface area contributed by atoms with Gasteiger partial charge in [0, 0.05) is 119 Å². The molecule has 2 amide bonds. The Morgan fingerprint density at radius 2 is 1.47 bits per heavy atom. The number of benzene rings is 2. The Balaban J connectivity index is 0.000000905. The average molecular weight is 1130 g/mol. The number of piperidine rings is 1. The highest BCUT2D eigenvalue weighted by Crippen LogP contribution is 2.26. The summed E-state index contributed by atoms with van der Waals surface area (Å²) < 4.78 is 17.3. The molecular weight excluding hydrogens is 1020 g/mol. The normalized spacial score (nSPS) is 14.5. The molecule has 0 saturated carbocycles. The minimum Gasteiger partial charge on any atom is -0.382 e. The van der Waals surface area contributed by atoms with Crippen molar-refractivity contribution in [2.45, 2.75) is 172 Å². The van der Waals surface area contributed by atoms with Gasteiger partial charge >= 0.3 is 0 Å². The minimum absolute atomic E-state index is 0.0989. The molecule has 3 atom stereocenters. The van der Waals surface area contributed by atoms with Crippen LogP contribution in [-0.2, 0) is 35.0 Å². The fourth-order valence-electron chi connectivity index (χ4n) is 9.57. The van der Waals surface area contributed by atoms with Gasteiger partial charge in [-0.1, -0.05) is 79.4 Å². The molecule has 2 aliphatic heterocycles. The van der Waals surface area contributed by atoms with E-state index in [0.717, 1.165) is 139 Å².